The quantitative estimate of drug-likeness (QED) is 0.787. The molecule has 0 bridgehead atoms. The van der Waals surface area contributed by atoms with Crippen LogP contribution in [0.25, 0.3) is 0 Å². The number of hydrogen-bond acceptors (Lipinski definition) is 5. The third kappa shape index (κ3) is 4.50. The predicted molar refractivity (Wildman–Crippen MR) is 54.8 cm³/mol. The topological polar surface area (TPSA) is 92.2 Å². The molecule has 82 valence electrons. The van der Waals surface area contributed by atoms with Crippen molar-refractivity contribution >= 4 is 28.3 Å². The van der Waals surface area contributed by atoms with Crippen LogP contribution in [0.4, 0.5) is 5.13 Å². The van der Waals surface area contributed by atoms with Gasteiger partial charge in [-0.15, -0.1) is 10.2 Å². The lowest BCUT2D eigenvalue weighted by Crippen LogP contribution is -2.11. The zero-order chi connectivity index (χ0) is 11.3. The molecule has 6 nitrogen and oxygen atoms in total. The maximum Gasteiger partial charge on any atom is 0.303 e. The van der Waals surface area contributed by atoms with Gasteiger partial charge in [0, 0.05) is 12.8 Å². The fourth-order valence-corrected chi connectivity index (χ4v) is 1.54. The fourth-order valence-electron chi connectivity index (χ4n) is 0.929. The highest BCUT2D eigenvalue weighted by atomic mass is 32.1. The normalized spacial score (nSPS) is 9.93. The van der Waals surface area contributed by atoms with Gasteiger partial charge in [-0.3, -0.25) is 9.59 Å². The summed E-state index contributed by atoms with van der Waals surface area (Å²) < 4.78 is 0. The number of nitrogens with one attached hydrogen (secondary N) is 1. The number of carbonyl (C=O) groups is 2. The first-order valence-corrected chi connectivity index (χ1v) is 5.21. The number of anilines is 1. The second-order valence-electron chi connectivity index (χ2n) is 2.92. The number of carbonyl (C=O) groups excluding carboxylic acids is 1. The number of carboxylic acids is 1. The molecular weight excluding hydrogens is 218 g/mol. The van der Waals surface area contributed by atoms with Crippen LogP contribution in [0.15, 0.2) is 0 Å². The molecule has 15 heavy (non-hydrogen) atoms. The molecule has 1 rings (SSSR count). The minimum absolute atomic E-state index is 0.00255. The van der Waals surface area contributed by atoms with Crippen LogP contribution in [-0.4, -0.2) is 27.2 Å². The number of aliphatic carboxylic acids is 1. The molecule has 0 aromatic carbocycles. The summed E-state index contributed by atoms with van der Waals surface area (Å²) in [5, 5.41) is 19.6. The van der Waals surface area contributed by atoms with Crippen molar-refractivity contribution in [3.63, 3.8) is 0 Å². The number of rotatable bonds is 5. The molecule has 0 unspecified atom stereocenters. The molecular formula is C8H11N3O3S. The molecule has 1 amide bonds. The molecule has 0 aliphatic carbocycles. The Labute approximate surface area is 90.3 Å². The van der Waals surface area contributed by atoms with Gasteiger partial charge in [0.2, 0.25) is 11.0 Å². The number of aryl methyl sites for hydroxylation is 1. The molecule has 7 heteroatoms. The van der Waals surface area contributed by atoms with Crippen molar-refractivity contribution in [1.82, 2.24) is 10.2 Å². The SMILES string of the molecule is Cc1nnc(NC(=O)CCCC(=O)O)s1. The highest BCUT2D eigenvalue weighted by molar-refractivity contribution is 7.15. The van der Waals surface area contributed by atoms with Crippen LogP contribution in [-0.2, 0) is 9.59 Å². The van der Waals surface area contributed by atoms with Crippen molar-refractivity contribution in [3.05, 3.63) is 5.01 Å². The monoisotopic (exact) mass is 229 g/mol. The average Bonchev–Trinajstić information content (AvgIpc) is 2.50. The van der Waals surface area contributed by atoms with Gasteiger partial charge in [0.15, 0.2) is 0 Å². The minimum atomic E-state index is -0.894. The number of amides is 1. The molecule has 1 aromatic rings. The van der Waals surface area contributed by atoms with Crippen LogP contribution >= 0.6 is 11.3 Å². The minimum Gasteiger partial charge on any atom is -0.481 e. The zero-order valence-corrected chi connectivity index (χ0v) is 9.00. The summed E-state index contributed by atoms with van der Waals surface area (Å²) in [6, 6.07) is 0. The fraction of sp³-hybridized carbons (Fsp3) is 0.500. The van der Waals surface area contributed by atoms with Gasteiger partial charge in [0.25, 0.3) is 0 Å². The average molecular weight is 229 g/mol. The van der Waals surface area contributed by atoms with E-state index < -0.39 is 5.97 Å². The maximum absolute atomic E-state index is 11.2. The summed E-state index contributed by atoms with van der Waals surface area (Å²) in [7, 11) is 0. The summed E-state index contributed by atoms with van der Waals surface area (Å²) in [4.78, 5) is 21.4. The summed E-state index contributed by atoms with van der Waals surface area (Å²) in [5.74, 6) is -1.12. The molecule has 0 saturated heterocycles. The van der Waals surface area contributed by atoms with Crippen LogP contribution in [0.5, 0.6) is 0 Å². The first kappa shape index (κ1) is 11.6. The Kier molecular flexibility index (Phi) is 4.17. The van der Waals surface area contributed by atoms with Gasteiger partial charge in [-0.2, -0.15) is 0 Å². The van der Waals surface area contributed by atoms with E-state index in [2.05, 4.69) is 15.5 Å². The van der Waals surface area contributed by atoms with E-state index >= 15 is 0 Å². The molecule has 1 aromatic heterocycles. The van der Waals surface area contributed by atoms with Crippen LogP contribution in [0, 0.1) is 6.92 Å². The van der Waals surface area contributed by atoms with E-state index in [4.69, 9.17) is 5.11 Å². The summed E-state index contributed by atoms with van der Waals surface area (Å²) in [6.07, 6.45) is 0.520. The van der Waals surface area contributed by atoms with Gasteiger partial charge in [-0.05, 0) is 13.3 Å². The summed E-state index contributed by atoms with van der Waals surface area (Å²) >= 11 is 1.29. The Bertz CT molecular complexity index is 364. The number of aromatic nitrogens is 2. The van der Waals surface area contributed by atoms with Crippen molar-refractivity contribution in [2.75, 3.05) is 5.32 Å². The van der Waals surface area contributed by atoms with Gasteiger partial charge in [0.1, 0.15) is 5.01 Å². The van der Waals surface area contributed by atoms with E-state index in [1.807, 2.05) is 0 Å². The Morgan fingerprint density at radius 2 is 2.13 bits per heavy atom. The van der Waals surface area contributed by atoms with Crippen molar-refractivity contribution < 1.29 is 14.7 Å². The molecule has 0 radical (unpaired) electrons. The lowest BCUT2D eigenvalue weighted by molar-refractivity contribution is -0.137. The first-order valence-electron chi connectivity index (χ1n) is 4.39. The van der Waals surface area contributed by atoms with E-state index in [-0.39, 0.29) is 18.7 Å². The van der Waals surface area contributed by atoms with E-state index in [0.29, 0.717) is 11.6 Å². The molecule has 1 heterocycles. The van der Waals surface area contributed by atoms with E-state index in [0.717, 1.165) is 5.01 Å². The molecule has 0 aliphatic heterocycles. The van der Waals surface area contributed by atoms with E-state index in [9.17, 15) is 9.59 Å². The third-order valence-electron chi connectivity index (χ3n) is 1.57. The van der Waals surface area contributed by atoms with Gasteiger partial charge in [0.05, 0.1) is 0 Å². The van der Waals surface area contributed by atoms with Crippen molar-refractivity contribution in [2.45, 2.75) is 26.2 Å². The molecule has 0 fully saturated rings. The van der Waals surface area contributed by atoms with Gasteiger partial charge < -0.3 is 10.4 Å². The molecule has 0 spiro atoms. The summed E-state index contributed by atoms with van der Waals surface area (Å²) in [5.41, 5.74) is 0. The van der Waals surface area contributed by atoms with Crippen LogP contribution < -0.4 is 5.32 Å². The van der Waals surface area contributed by atoms with Crippen LogP contribution in [0.2, 0.25) is 0 Å². The Morgan fingerprint density at radius 3 is 2.67 bits per heavy atom. The van der Waals surface area contributed by atoms with Gasteiger partial charge >= 0.3 is 5.97 Å². The molecule has 0 atom stereocenters. The molecule has 0 aliphatic rings. The molecule has 2 N–H and O–H groups in total. The predicted octanol–water partition coefficient (Wildman–Crippen LogP) is 1.04. The lowest BCUT2D eigenvalue weighted by Gasteiger charge is -1.98. The standard InChI is InChI=1S/C8H11N3O3S/c1-5-10-11-8(15-5)9-6(12)3-2-4-7(13)14/h2-4H2,1H3,(H,13,14)(H,9,11,12). The van der Waals surface area contributed by atoms with Crippen LogP contribution in [0.3, 0.4) is 0 Å². The Hall–Kier alpha value is -1.50. The van der Waals surface area contributed by atoms with Gasteiger partial charge in [-0.25, -0.2) is 0 Å². The van der Waals surface area contributed by atoms with E-state index in [1.165, 1.54) is 11.3 Å². The van der Waals surface area contributed by atoms with Crippen LogP contribution in [0.1, 0.15) is 24.3 Å². The second kappa shape index (κ2) is 5.40. The number of nitrogens with zero attached hydrogens (tertiary/aromatic N) is 2. The molecule has 0 saturated carbocycles. The van der Waals surface area contributed by atoms with Crippen molar-refractivity contribution in [2.24, 2.45) is 0 Å². The largest absolute Gasteiger partial charge is 0.481 e. The number of hydrogen-bond donors (Lipinski definition) is 2. The maximum atomic E-state index is 11.2. The third-order valence-corrected chi connectivity index (χ3v) is 2.32. The van der Waals surface area contributed by atoms with Gasteiger partial charge in [-0.1, -0.05) is 11.3 Å². The van der Waals surface area contributed by atoms with Crippen molar-refractivity contribution in [1.29, 1.82) is 0 Å². The van der Waals surface area contributed by atoms with E-state index in [1.54, 1.807) is 6.92 Å². The highest BCUT2D eigenvalue weighted by Gasteiger charge is 2.07. The highest BCUT2D eigenvalue weighted by Crippen LogP contribution is 2.13. The lowest BCUT2D eigenvalue weighted by atomic mass is 10.2. The number of carboxylic acid groups (broad SMARTS) is 1. The summed E-state index contributed by atoms with van der Waals surface area (Å²) in [6.45, 7) is 1.79. The van der Waals surface area contributed by atoms with Crippen molar-refractivity contribution in [3.8, 4) is 0 Å². The first-order chi connectivity index (χ1) is 7.08. The Balaban J connectivity index is 2.27. The second-order valence-corrected chi connectivity index (χ2v) is 4.10. The smallest absolute Gasteiger partial charge is 0.303 e. The Morgan fingerprint density at radius 1 is 1.40 bits per heavy atom. The zero-order valence-electron chi connectivity index (χ0n) is 8.19.